The second-order valence-electron chi connectivity index (χ2n) is 6.11. The Morgan fingerprint density at radius 2 is 1.68 bits per heavy atom. The van der Waals surface area contributed by atoms with E-state index in [9.17, 15) is 5.11 Å². The average Bonchev–Trinajstić information content (AvgIpc) is 2.48. The SMILES string of the molecule is CCCC1CCC(C(O)c2ccc(CC)cc2)CC1. The average molecular weight is 260 g/mol. The van der Waals surface area contributed by atoms with Gasteiger partial charge in [-0.1, -0.05) is 63.8 Å². The highest BCUT2D eigenvalue weighted by molar-refractivity contribution is 5.24. The van der Waals surface area contributed by atoms with Gasteiger partial charge < -0.3 is 5.11 Å². The summed E-state index contributed by atoms with van der Waals surface area (Å²) in [6.07, 6.45) is 8.49. The van der Waals surface area contributed by atoms with Gasteiger partial charge in [-0.15, -0.1) is 0 Å². The Kier molecular flexibility index (Phi) is 5.45. The van der Waals surface area contributed by atoms with Crippen LogP contribution in [0.25, 0.3) is 0 Å². The highest BCUT2D eigenvalue weighted by Gasteiger charge is 2.26. The minimum absolute atomic E-state index is 0.256. The summed E-state index contributed by atoms with van der Waals surface area (Å²) in [7, 11) is 0. The van der Waals surface area contributed by atoms with Crippen molar-refractivity contribution in [1.29, 1.82) is 0 Å². The maximum atomic E-state index is 10.5. The number of aliphatic hydroxyl groups is 1. The van der Waals surface area contributed by atoms with Crippen molar-refractivity contribution < 1.29 is 5.11 Å². The Labute approximate surface area is 118 Å². The Morgan fingerprint density at radius 3 is 2.21 bits per heavy atom. The highest BCUT2D eigenvalue weighted by atomic mass is 16.3. The Balaban J connectivity index is 1.91. The smallest absolute Gasteiger partial charge is 0.0818 e. The molecule has 0 heterocycles. The molecule has 1 atom stereocenters. The summed E-state index contributed by atoms with van der Waals surface area (Å²) in [5.41, 5.74) is 2.46. The molecule has 0 amide bonds. The molecule has 2 rings (SSSR count). The lowest BCUT2D eigenvalue weighted by Gasteiger charge is -2.31. The summed E-state index contributed by atoms with van der Waals surface area (Å²) in [5.74, 6) is 1.39. The lowest BCUT2D eigenvalue weighted by atomic mass is 9.76. The minimum atomic E-state index is -0.256. The lowest BCUT2D eigenvalue weighted by molar-refractivity contribution is 0.0722. The van der Waals surface area contributed by atoms with Crippen LogP contribution in [0.15, 0.2) is 24.3 Å². The van der Waals surface area contributed by atoms with E-state index in [0.29, 0.717) is 5.92 Å². The molecule has 1 unspecified atom stereocenters. The van der Waals surface area contributed by atoms with Gasteiger partial charge in [-0.05, 0) is 42.2 Å². The number of aliphatic hydroxyl groups excluding tert-OH is 1. The monoisotopic (exact) mass is 260 g/mol. The Bertz CT molecular complexity index is 360. The third-order valence-corrected chi connectivity index (χ3v) is 4.76. The third-order valence-electron chi connectivity index (χ3n) is 4.76. The molecule has 1 aromatic carbocycles. The van der Waals surface area contributed by atoms with Crippen LogP contribution < -0.4 is 0 Å². The quantitative estimate of drug-likeness (QED) is 0.799. The van der Waals surface area contributed by atoms with Gasteiger partial charge >= 0.3 is 0 Å². The number of hydrogen-bond acceptors (Lipinski definition) is 1. The molecule has 1 heteroatoms. The highest BCUT2D eigenvalue weighted by Crippen LogP contribution is 2.38. The fraction of sp³-hybridized carbons (Fsp3) is 0.667. The molecule has 1 aliphatic carbocycles. The van der Waals surface area contributed by atoms with Crippen molar-refractivity contribution in [2.45, 2.75) is 64.9 Å². The maximum Gasteiger partial charge on any atom is 0.0818 e. The molecular formula is C18H28O. The van der Waals surface area contributed by atoms with E-state index < -0.39 is 0 Å². The van der Waals surface area contributed by atoms with E-state index in [4.69, 9.17) is 0 Å². The molecule has 0 aliphatic heterocycles. The van der Waals surface area contributed by atoms with E-state index in [-0.39, 0.29) is 6.10 Å². The standard InChI is InChI=1S/C18H28O/c1-3-5-15-8-12-17(13-9-15)18(19)16-10-6-14(4-2)7-11-16/h6-7,10-11,15,17-19H,3-5,8-9,12-13H2,1-2H3. The first-order chi connectivity index (χ1) is 9.24. The van der Waals surface area contributed by atoms with E-state index in [0.717, 1.165) is 17.9 Å². The van der Waals surface area contributed by atoms with Gasteiger partial charge in [-0.3, -0.25) is 0 Å². The largest absolute Gasteiger partial charge is 0.388 e. The normalized spacial score (nSPS) is 25.2. The zero-order chi connectivity index (χ0) is 13.7. The molecule has 1 aliphatic rings. The molecule has 106 valence electrons. The topological polar surface area (TPSA) is 20.2 Å². The predicted octanol–water partition coefficient (Wildman–Crippen LogP) is 4.89. The summed E-state index contributed by atoms with van der Waals surface area (Å²) in [6.45, 7) is 4.44. The van der Waals surface area contributed by atoms with Crippen molar-refractivity contribution in [3.63, 3.8) is 0 Å². The van der Waals surface area contributed by atoms with Gasteiger partial charge in [0, 0.05) is 0 Å². The minimum Gasteiger partial charge on any atom is -0.388 e. The molecule has 1 fully saturated rings. The number of rotatable bonds is 5. The first-order valence-corrected chi connectivity index (χ1v) is 8.01. The molecule has 1 saturated carbocycles. The van der Waals surface area contributed by atoms with Gasteiger partial charge in [0.25, 0.3) is 0 Å². The van der Waals surface area contributed by atoms with E-state index in [1.54, 1.807) is 0 Å². The van der Waals surface area contributed by atoms with E-state index >= 15 is 0 Å². The second kappa shape index (κ2) is 7.09. The van der Waals surface area contributed by atoms with Crippen molar-refractivity contribution in [1.82, 2.24) is 0 Å². The van der Waals surface area contributed by atoms with Gasteiger partial charge in [0.05, 0.1) is 6.10 Å². The maximum absolute atomic E-state index is 10.5. The van der Waals surface area contributed by atoms with Crippen molar-refractivity contribution in [2.24, 2.45) is 11.8 Å². The Morgan fingerprint density at radius 1 is 1.05 bits per heavy atom. The molecule has 0 radical (unpaired) electrons. The zero-order valence-electron chi connectivity index (χ0n) is 12.4. The van der Waals surface area contributed by atoms with Gasteiger partial charge in [-0.25, -0.2) is 0 Å². The molecule has 0 saturated heterocycles. The Hall–Kier alpha value is -0.820. The van der Waals surface area contributed by atoms with Crippen LogP contribution in [0, 0.1) is 11.8 Å². The van der Waals surface area contributed by atoms with Crippen LogP contribution >= 0.6 is 0 Å². The van der Waals surface area contributed by atoms with E-state index in [1.165, 1.54) is 44.1 Å². The van der Waals surface area contributed by atoms with Crippen LogP contribution in [-0.2, 0) is 6.42 Å². The van der Waals surface area contributed by atoms with Crippen molar-refractivity contribution in [3.8, 4) is 0 Å². The van der Waals surface area contributed by atoms with E-state index in [2.05, 4.69) is 38.1 Å². The van der Waals surface area contributed by atoms with Crippen LogP contribution in [0.4, 0.5) is 0 Å². The van der Waals surface area contributed by atoms with Crippen molar-refractivity contribution in [2.75, 3.05) is 0 Å². The number of aryl methyl sites for hydroxylation is 1. The fourth-order valence-corrected chi connectivity index (χ4v) is 3.42. The first-order valence-electron chi connectivity index (χ1n) is 8.01. The molecule has 1 nitrogen and oxygen atoms in total. The number of hydrogen-bond donors (Lipinski definition) is 1. The fourth-order valence-electron chi connectivity index (χ4n) is 3.42. The van der Waals surface area contributed by atoms with Crippen LogP contribution in [-0.4, -0.2) is 5.11 Å². The molecule has 19 heavy (non-hydrogen) atoms. The molecule has 1 N–H and O–H groups in total. The summed E-state index contributed by atoms with van der Waals surface area (Å²) < 4.78 is 0. The lowest BCUT2D eigenvalue weighted by Crippen LogP contribution is -2.20. The van der Waals surface area contributed by atoms with Crippen LogP contribution in [0.5, 0.6) is 0 Å². The van der Waals surface area contributed by atoms with Crippen molar-refractivity contribution >= 4 is 0 Å². The van der Waals surface area contributed by atoms with E-state index in [1.807, 2.05) is 0 Å². The predicted molar refractivity (Wildman–Crippen MR) is 81.1 cm³/mol. The molecule has 1 aromatic rings. The zero-order valence-corrected chi connectivity index (χ0v) is 12.4. The summed E-state index contributed by atoms with van der Waals surface area (Å²) in [5, 5.41) is 10.5. The van der Waals surface area contributed by atoms with Gasteiger partial charge in [0.1, 0.15) is 0 Å². The number of benzene rings is 1. The summed E-state index contributed by atoms with van der Waals surface area (Å²) in [6, 6.07) is 8.53. The van der Waals surface area contributed by atoms with Crippen LogP contribution in [0.2, 0.25) is 0 Å². The molecule has 0 bridgehead atoms. The van der Waals surface area contributed by atoms with Crippen LogP contribution in [0.3, 0.4) is 0 Å². The van der Waals surface area contributed by atoms with Gasteiger partial charge in [0.2, 0.25) is 0 Å². The summed E-state index contributed by atoms with van der Waals surface area (Å²) >= 11 is 0. The molecule has 0 aromatic heterocycles. The molecule has 0 spiro atoms. The third kappa shape index (κ3) is 3.82. The second-order valence-corrected chi connectivity index (χ2v) is 6.11. The molecular weight excluding hydrogens is 232 g/mol. The van der Waals surface area contributed by atoms with Crippen molar-refractivity contribution in [3.05, 3.63) is 35.4 Å². The van der Waals surface area contributed by atoms with Gasteiger partial charge in [0.15, 0.2) is 0 Å². The van der Waals surface area contributed by atoms with Crippen LogP contribution in [0.1, 0.15) is 69.6 Å². The first kappa shape index (κ1) is 14.6. The summed E-state index contributed by atoms with van der Waals surface area (Å²) in [4.78, 5) is 0. The van der Waals surface area contributed by atoms with Gasteiger partial charge in [-0.2, -0.15) is 0 Å².